The van der Waals surface area contributed by atoms with Crippen LogP contribution in [0.25, 0.3) is 0 Å². The number of carbonyl (C=O) groups is 2. The molecule has 0 spiro atoms. The first-order valence-electron chi connectivity index (χ1n) is 23.8. The van der Waals surface area contributed by atoms with Crippen LogP contribution >= 0.6 is 0 Å². The quantitative estimate of drug-likeness (QED) is 0.0326. The smallest absolute Gasteiger partial charge is 0.305 e. The van der Waals surface area contributed by atoms with Crippen molar-refractivity contribution in [3.8, 4) is 0 Å². The van der Waals surface area contributed by atoms with Gasteiger partial charge in [-0.1, -0.05) is 204 Å². The molecule has 0 heterocycles. The average molecular weight is 774 g/mol. The second-order valence-electron chi connectivity index (χ2n) is 16.1. The number of unbranched alkanes of at least 4 members (excludes halogenated alkanes) is 28. The Balaban J connectivity index is 3.53. The Morgan fingerprint density at radius 3 is 1.44 bits per heavy atom. The molecule has 6 heteroatoms. The van der Waals surface area contributed by atoms with Crippen LogP contribution in [0.4, 0.5) is 0 Å². The topological polar surface area (TPSA) is 95.9 Å². The van der Waals surface area contributed by atoms with Gasteiger partial charge in [-0.2, -0.15) is 0 Å². The number of ether oxygens (including phenoxy) is 1. The normalized spacial score (nSPS) is 13.0. The molecule has 6 nitrogen and oxygen atoms in total. The van der Waals surface area contributed by atoms with Crippen LogP contribution in [0, 0.1) is 0 Å². The number of carbonyl (C=O) groups excluding carboxylic acids is 2. The highest BCUT2D eigenvalue weighted by atomic mass is 16.5. The summed E-state index contributed by atoms with van der Waals surface area (Å²) in [6.45, 7) is 4.79. The first kappa shape index (κ1) is 53.1. The predicted molar refractivity (Wildman–Crippen MR) is 236 cm³/mol. The van der Waals surface area contributed by atoms with Crippen molar-refractivity contribution in [2.24, 2.45) is 0 Å². The van der Waals surface area contributed by atoms with Crippen molar-refractivity contribution in [1.82, 2.24) is 5.32 Å². The summed E-state index contributed by atoms with van der Waals surface area (Å²) in [6.07, 6.45) is 52.7. The van der Waals surface area contributed by atoms with Gasteiger partial charge in [0.15, 0.2) is 0 Å². The third-order valence-electron chi connectivity index (χ3n) is 10.7. The lowest BCUT2D eigenvalue weighted by Crippen LogP contribution is -2.45. The molecule has 322 valence electrons. The van der Waals surface area contributed by atoms with Gasteiger partial charge in [0, 0.05) is 12.8 Å². The number of aliphatic hydroxyl groups is 2. The van der Waals surface area contributed by atoms with Crippen molar-refractivity contribution in [2.75, 3.05) is 13.2 Å². The van der Waals surface area contributed by atoms with E-state index in [4.69, 9.17) is 4.74 Å². The van der Waals surface area contributed by atoms with Gasteiger partial charge in [-0.15, -0.1) is 0 Å². The molecule has 2 atom stereocenters. The number of allylic oxidation sites excluding steroid dienone is 5. The molecule has 0 fully saturated rings. The lowest BCUT2D eigenvalue weighted by molar-refractivity contribution is -0.143. The zero-order valence-electron chi connectivity index (χ0n) is 36.4. The van der Waals surface area contributed by atoms with Gasteiger partial charge in [0.05, 0.1) is 25.4 Å². The van der Waals surface area contributed by atoms with Crippen molar-refractivity contribution in [2.45, 2.75) is 251 Å². The molecule has 0 saturated heterocycles. The molecule has 1 amide bonds. The Labute approximate surface area is 341 Å². The first-order valence-corrected chi connectivity index (χ1v) is 23.8. The number of amides is 1. The van der Waals surface area contributed by atoms with Crippen molar-refractivity contribution >= 4 is 11.9 Å². The summed E-state index contributed by atoms with van der Waals surface area (Å²) < 4.78 is 5.44. The molecule has 0 aromatic heterocycles. The predicted octanol–water partition coefficient (Wildman–Crippen LogP) is 13.7. The lowest BCUT2D eigenvalue weighted by Gasteiger charge is -2.20. The van der Waals surface area contributed by atoms with Gasteiger partial charge in [-0.3, -0.25) is 9.59 Å². The van der Waals surface area contributed by atoms with Gasteiger partial charge in [0.25, 0.3) is 0 Å². The summed E-state index contributed by atoms with van der Waals surface area (Å²) in [4.78, 5) is 24.4. The van der Waals surface area contributed by atoms with Crippen LogP contribution in [0.1, 0.15) is 239 Å². The van der Waals surface area contributed by atoms with Gasteiger partial charge >= 0.3 is 5.97 Å². The van der Waals surface area contributed by atoms with E-state index in [0.29, 0.717) is 19.4 Å². The molecule has 0 aromatic rings. The zero-order chi connectivity index (χ0) is 40.1. The number of rotatable bonds is 43. The Hall–Kier alpha value is -1.92. The number of esters is 1. The molecule has 0 rings (SSSR count). The van der Waals surface area contributed by atoms with Crippen molar-refractivity contribution in [3.63, 3.8) is 0 Å². The Bertz CT molecular complexity index is 900. The van der Waals surface area contributed by atoms with Crippen LogP contribution in [-0.2, 0) is 14.3 Å². The van der Waals surface area contributed by atoms with E-state index in [-0.39, 0.29) is 18.5 Å². The maximum absolute atomic E-state index is 12.4. The molecule has 2 unspecified atom stereocenters. The highest BCUT2D eigenvalue weighted by Crippen LogP contribution is 2.14. The molecule has 3 N–H and O–H groups in total. The number of hydrogen-bond donors (Lipinski definition) is 3. The summed E-state index contributed by atoms with van der Waals surface area (Å²) in [6, 6.07) is -0.642. The molecule has 0 aliphatic rings. The molecule has 0 aliphatic carbocycles. The second kappa shape index (κ2) is 44.8. The van der Waals surface area contributed by atoms with E-state index >= 15 is 0 Å². The fourth-order valence-electron chi connectivity index (χ4n) is 6.94. The van der Waals surface area contributed by atoms with Crippen LogP contribution in [0.2, 0.25) is 0 Å². The van der Waals surface area contributed by atoms with E-state index in [1.165, 1.54) is 141 Å². The minimum absolute atomic E-state index is 0.0310. The van der Waals surface area contributed by atoms with E-state index in [0.717, 1.165) is 70.6 Å². The third-order valence-corrected chi connectivity index (χ3v) is 10.7. The van der Waals surface area contributed by atoms with Crippen LogP contribution in [0.3, 0.4) is 0 Å². The van der Waals surface area contributed by atoms with E-state index < -0.39 is 12.1 Å². The highest BCUT2D eigenvalue weighted by molar-refractivity contribution is 5.76. The highest BCUT2D eigenvalue weighted by Gasteiger charge is 2.18. The fraction of sp³-hybridized carbons (Fsp3) is 0.837. The van der Waals surface area contributed by atoms with Crippen LogP contribution in [0.15, 0.2) is 36.5 Å². The third kappa shape index (κ3) is 41.5. The van der Waals surface area contributed by atoms with Gasteiger partial charge in [0.1, 0.15) is 0 Å². The Morgan fingerprint density at radius 2 is 0.927 bits per heavy atom. The molecule has 0 saturated carbocycles. The maximum Gasteiger partial charge on any atom is 0.305 e. The molecule has 55 heavy (non-hydrogen) atoms. The number of aliphatic hydroxyl groups excluding tert-OH is 2. The number of nitrogens with one attached hydrogen (secondary N) is 1. The van der Waals surface area contributed by atoms with Crippen LogP contribution < -0.4 is 5.32 Å². The molecule has 0 aliphatic heterocycles. The summed E-state index contributed by atoms with van der Waals surface area (Å²) in [5.41, 5.74) is 0. The molecular weight excluding hydrogens is 683 g/mol. The van der Waals surface area contributed by atoms with E-state index in [1.54, 1.807) is 6.08 Å². The van der Waals surface area contributed by atoms with Crippen LogP contribution in [0.5, 0.6) is 0 Å². The van der Waals surface area contributed by atoms with Gasteiger partial charge in [-0.25, -0.2) is 0 Å². The zero-order valence-corrected chi connectivity index (χ0v) is 36.4. The monoisotopic (exact) mass is 774 g/mol. The average Bonchev–Trinajstić information content (AvgIpc) is 3.18. The molecule has 0 radical (unpaired) electrons. The SMILES string of the molecule is CCCC/C=C\C/C=C\CCCCCCCC(=O)OCCCCCCCCCCCCCC(=O)NC(CO)C(O)/C=C/CCCCCCCCCCCCC. The minimum Gasteiger partial charge on any atom is -0.466 e. The standard InChI is InChI=1S/C49H91NO5/c1-3-5-7-9-11-13-15-17-19-23-27-31-35-39-43-49(54)55-44-40-36-32-28-24-20-22-26-30-34-38-42-48(53)50-46(45-51)47(52)41-37-33-29-25-21-18-16-14-12-10-8-6-4-2/h9,11,15,17,37,41,46-47,51-52H,3-8,10,12-14,16,18-36,38-40,42-45H2,1-2H3,(H,50,53)/b11-9-,17-15-,41-37+. The summed E-state index contributed by atoms with van der Waals surface area (Å²) in [7, 11) is 0. The van der Waals surface area contributed by atoms with Crippen LogP contribution in [-0.4, -0.2) is 47.4 Å². The van der Waals surface area contributed by atoms with Crippen molar-refractivity contribution < 1.29 is 24.5 Å². The van der Waals surface area contributed by atoms with Gasteiger partial charge in [0.2, 0.25) is 5.91 Å². The summed E-state index contributed by atoms with van der Waals surface area (Å²) in [5, 5.41) is 23.0. The second-order valence-corrected chi connectivity index (χ2v) is 16.1. The molecule has 0 aromatic carbocycles. The molecular formula is C49H91NO5. The van der Waals surface area contributed by atoms with E-state index in [9.17, 15) is 19.8 Å². The summed E-state index contributed by atoms with van der Waals surface area (Å²) in [5.74, 6) is -0.120. The molecule has 0 bridgehead atoms. The van der Waals surface area contributed by atoms with Gasteiger partial charge < -0.3 is 20.3 Å². The Kier molecular flexibility index (Phi) is 43.2. The largest absolute Gasteiger partial charge is 0.466 e. The van der Waals surface area contributed by atoms with Gasteiger partial charge in [-0.05, 0) is 57.8 Å². The van der Waals surface area contributed by atoms with E-state index in [1.807, 2.05) is 6.08 Å². The Morgan fingerprint density at radius 1 is 0.509 bits per heavy atom. The fourth-order valence-corrected chi connectivity index (χ4v) is 6.94. The van der Waals surface area contributed by atoms with Crippen molar-refractivity contribution in [3.05, 3.63) is 36.5 Å². The first-order chi connectivity index (χ1) is 27.0. The summed E-state index contributed by atoms with van der Waals surface area (Å²) >= 11 is 0. The lowest BCUT2D eigenvalue weighted by atomic mass is 10.0. The minimum atomic E-state index is -0.856. The van der Waals surface area contributed by atoms with E-state index in [2.05, 4.69) is 43.5 Å². The van der Waals surface area contributed by atoms with Crippen molar-refractivity contribution in [1.29, 1.82) is 0 Å². The maximum atomic E-state index is 12.4. The number of hydrogen-bond acceptors (Lipinski definition) is 5.